The molecule has 8 heteroatoms. The molecule has 0 spiro atoms. The van der Waals surface area contributed by atoms with Gasteiger partial charge in [0.25, 0.3) is 5.69 Å². The number of non-ortho nitro benzene ring substituents is 1. The minimum Gasteiger partial charge on any atom is -0.480 e. The van der Waals surface area contributed by atoms with E-state index in [2.05, 4.69) is 0 Å². The van der Waals surface area contributed by atoms with Gasteiger partial charge in [0, 0.05) is 12.1 Å². The van der Waals surface area contributed by atoms with E-state index in [9.17, 15) is 19.7 Å². The van der Waals surface area contributed by atoms with Gasteiger partial charge in [-0.1, -0.05) is 0 Å². The Bertz CT molecular complexity index is 698. The third-order valence-corrected chi connectivity index (χ3v) is 2.55. The summed E-state index contributed by atoms with van der Waals surface area (Å²) >= 11 is 0. The van der Waals surface area contributed by atoms with E-state index in [-0.39, 0.29) is 16.8 Å². The molecule has 0 amide bonds. The fourth-order valence-corrected chi connectivity index (χ4v) is 1.61. The fraction of sp³-hybridized carbons (Fsp3) is 0.200. The smallest absolute Gasteiger partial charge is 0.420 e. The van der Waals surface area contributed by atoms with E-state index < -0.39 is 22.7 Å². The van der Waals surface area contributed by atoms with Crippen LogP contribution in [0.15, 0.2) is 27.4 Å². The zero-order valence-corrected chi connectivity index (χ0v) is 9.19. The molecule has 0 saturated heterocycles. The summed E-state index contributed by atoms with van der Waals surface area (Å²) in [5, 5.41) is 19.5. The van der Waals surface area contributed by atoms with Crippen molar-refractivity contribution in [3.05, 3.63) is 38.9 Å². The highest BCUT2D eigenvalue weighted by molar-refractivity contribution is 5.79. The number of oxazole rings is 1. The molecule has 1 aromatic carbocycles. The minimum atomic E-state index is -1.23. The highest BCUT2D eigenvalue weighted by Crippen LogP contribution is 2.22. The first-order valence-electron chi connectivity index (χ1n) is 4.94. The summed E-state index contributed by atoms with van der Waals surface area (Å²) in [6.07, 6.45) is 0. The summed E-state index contributed by atoms with van der Waals surface area (Å²) < 4.78 is 5.69. The number of aliphatic carboxylic acids is 1. The van der Waals surface area contributed by atoms with Gasteiger partial charge >= 0.3 is 11.7 Å². The van der Waals surface area contributed by atoms with Crippen molar-refractivity contribution in [1.82, 2.24) is 4.57 Å². The SMILES string of the molecule is CC(C(=O)O)n1c(=O)oc2ccc([N+](=O)[O-])cc21. The lowest BCUT2D eigenvalue weighted by molar-refractivity contribution is -0.384. The van der Waals surface area contributed by atoms with E-state index in [4.69, 9.17) is 9.52 Å². The zero-order chi connectivity index (χ0) is 13.4. The summed E-state index contributed by atoms with van der Waals surface area (Å²) in [5.74, 6) is -2.09. The molecular formula is C10H8N2O6. The number of nitrogens with zero attached hydrogens (tertiary/aromatic N) is 2. The van der Waals surface area contributed by atoms with Crippen molar-refractivity contribution in [2.45, 2.75) is 13.0 Å². The molecular weight excluding hydrogens is 244 g/mol. The molecule has 1 unspecified atom stereocenters. The molecule has 0 saturated carbocycles. The molecule has 0 aliphatic heterocycles. The molecule has 0 bridgehead atoms. The van der Waals surface area contributed by atoms with Crippen LogP contribution in [0.1, 0.15) is 13.0 Å². The molecule has 2 rings (SSSR count). The average molecular weight is 252 g/mol. The molecule has 1 N–H and O–H groups in total. The lowest BCUT2D eigenvalue weighted by atomic mass is 10.2. The van der Waals surface area contributed by atoms with Crippen LogP contribution in [0.5, 0.6) is 0 Å². The third kappa shape index (κ3) is 1.73. The predicted molar refractivity (Wildman–Crippen MR) is 59.5 cm³/mol. The number of nitro benzene ring substituents is 1. The summed E-state index contributed by atoms with van der Waals surface area (Å²) in [5.41, 5.74) is -0.0440. The highest BCUT2D eigenvalue weighted by Gasteiger charge is 2.22. The van der Waals surface area contributed by atoms with Crippen LogP contribution in [0.25, 0.3) is 11.1 Å². The Morgan fingerprint density at radius 2 is 2.22 bits per heavy atom. The normalized spacial score (nSPS) is 12.5. The molecule has 18 heavy (non-hydrogen) atoms. The first kappa shape index (κ1) is 11.8. The van der Waals surface area contributed by atoms with E-state index >= 15 is 0 Å². The van der Waals surface area contributed by atoms with Gasteiger partial charge in [0.1, 0.15) is 6.04 Å². The van der Waals surface area contributed by atoms with Crippen molar-refractivity contribution >= 4 is 22.8 Å². The van der Waals surface area contributed by atoms with Gasteiger partial charge in [-0.3, -0.25) is 14.7 Å². The maximum atomic E-state index is 11.5. The van der Waals surface area contributed by atoms with Gasteiger partial charge in [0.05, 0.1) is 10.4 Å². The van der Waals surface area contributed by atoms with E-state index in [1.807, 2.05) is 0 Å². The van der Waals surface area contributed by atoms with Crippen LogP contribution in [0, 0.1) is 10.1 Å². The average Bonchev–Trinajstić information content (AvgIpc) is 2.62. The van der Waals surface area contributed by atoms with Crippen LogP contribution in [0.2, 0.25) is 0 Å². The van der Waals surface area contributed by atoms with Gasteiger partial charge < -0.3 is 9.52 Å². The quantitative estimate of drug-likeness (QED) is 0.646. The van der Waals surface area contributed by atoms with Crippen LogP contribution in [0.4, 0.5) is 5.69 Å². The first-order valence-corrected chi connectivity index (χ1v) is 4.94. The minimum absolute atomic E-state index is 0.0871. The Labute approximate surface area is 99.2 Å². The first-order chi connectivity index (χ1) is 8.41. The van der Waals surface area contributed by atoms with Crippen molar-refractivity contribution in [2.24, 2.45) is 0 Å². The Kier molecular flexibility index (Phi) is 2.62. The third-order valence-electron chi connectivity index (χ3n) is 2.55. The highest BCUT2D eigenvalue weighted by atomic mass is 16.6. The molecule has 0 fully saturated rings. The molecule has 8 nitrogen and oxygen atoms in total. The van der Waals surface area contributed by atoms with Gasteiger partial charge in [0.2, 0.25) is 0 Å². The molecule has 1 aromatic heterocycles. The molecule has 94 valence electrons. The number of carboxylic acids is 1. The summed E-state index contributed by atoms with van der Waals surface area (Å²) in [4.78, 5) is 32.4. The molecule has 2 aromatic rings. The number of hydrogen-bond acceptors (Lipinski definition) is 5. The second kappa shape index (κ2) is 3.99. The predicted octanol–water partition coefficient (Wildman–Crippen LogP) is 1.15. The zero-order valence-electron chi connectivity index (χ0n) is 9.19. The standard InChI is InChI=1S/C10H8N2O6/c1-5(9(13)14)11-7-4-6(12(16)17)2-3-8(7)18-10(11)15/h2-5H,1H3,(H,13,14). The second-order valence-corrected chi connectivity index (χ2v) is 3.66. The lowest BCUT2D eigenvalue weighted by Crippen LogP contribution is -2.24. The van der Waals surface area contributed by atoms with Gasteiger partial charge in [-0.2, -0.15) is 0 Å². The van der Waals surface area contributed by atoms with Crippen molar-refractivity contribution in [2.75, 3.05) is 0 Å². The maximum absolute atomic E-state index is 11.5. The molecule has 0 radical (unpaired) electrons. The van der Waals surface area contributed by atoms with Crippen molar-refractivity contribution in [3.63, 3.8) is 0 Å². The van der Waals surface area contributed by atoms with Crippen LogP contribution < -0.4 is 5.76 Å². The second-order valence-electron chi connectivity index (χ2n) is 3.66. The van der Waals surface area contributed by atoms with Crippen molar-refractivity contribution in [3.8, 4) is 0 Å². The number of aromatic nitrogens is 1. The Morgan fingerprint density at radius 3 is 2.78 bits per heavy atom. The van der Waals surface area contributed by atoms with E-state index in [1.165, 1.54) is 19.1 Å². The number of rotatable bonds is 3. The van der Waals surface area contributed by atoms with E-state index in [1.54, 1.807) is 0 Å². The van der Waals surface area contributed by atoms with Crippen LogP contribution >= 0.6 is 0 Å². The largest absolute Gasteiger partial charge is 0.480 e. The van der Waals surface area contributed by atoms with E-state index in [0.29, 0.717) is 0 Å². The number of carbonyl (C=O) groups is 1. The van der Waals surface area contributed by atoms with Crippen molar-refractivity contribution < 1.29 is 19.2 Å². The Balaban J connectivity index is 2.75. The molecule has 0 aliphatic rings. The Morgan fingerprint density at radius 1 is 1.56 bits per heavy atom. The Hall–Kier alpha value is -2.64. The van der Waals surface area contributed by atoms with E-state index in [0.717, 1.165) is 10.6 Å². The molecule has 0 aliphatic carbocycles. The number of carboxylic acid groups (broad SMARTS) is 1. The number of hydrogen-bond donors (Lipinski definition) is 1. The monoisotopic (exact) mass is 252 g/mol. The number of benzene rings is 1. The van der Waals surface area contributed by atoms with Crippen LogP contribution in [-0.2, 0) is 4.79 Å². The molecule has 1 heterocycles. The van der Waals surface area contributed by atoms with Gasteiger partial charge in [-0.15, -0.1) is 0 Å². The van der Waals surface area contributed by atoms with Gasteiger partial charge in [-0.05, 0) is 13.0 Å². The van der Waals surface area contributed by atoms with Crippen molar-refractivity contribution in [1.29, 1.82) is 0 Å². The topological polar surface area (TPSA) is 116 Å². The van der Waals surface area contributed by atoms with Gasteiger partial charge in [0.15, 0.2) is 5.58 Å². The van der Waals surface area contributed by atoms with Gasteiger partial charge in [-0.25, -0.2) is 9.59 Å². The number of nitro groups is 1. The molecule has 1 atom stereocenters. The summed E-state index contributed by atoms with van der Waals surface area (Å²) in [6.45, 7) is 1.29. The summed E-state index contributed by atoms with van der Waals surface area (Å²) in [7, 11) is 0. The lowest BCUT2D eigenvalue weighted by Gasteiger charge is -2.06. The fourth-order valence-electron chi connectivity index (χ4n) is 1.61. The number of fused-ring (bicyclic) bond motifs is 1. The summed E-state index contributed by atoms with van der Waals surface area (Å²) in [6, 6.07) is 2.39. The maximum Gasteiger partial charge on any atom is 0.420 e. The van der Waals surface area contributed by atoms with Crippen LogP contribution in [-0.4, -0.2) is 20.6 Å². The van der Waals surface area contributed by atoms with Crippen LogP contribution in [0.3, 0.4) is 0 Å².